The molecule has 25 heavy (non-hydrogen) atoms. The van der Waals surface area contributed by atoms with Gasteiger partial charge in [-0.05, 0) is 25.7 Å². The summed E-state index contributed by atoms with van der Waals surface area (Å²) in [5.74, 6) is 1.08. The molecule has 1 aliphatic heterocycles. The zero-order valence-corrected chi connectivity index (χ0v) is 15.0. The Morgan fingerprint density at radius 3 is 2.56 bits per heavy atom. The van der Waals surface area contributed by atoms with Crippen LogP contribution in [0.1, 0.15) is 24.1 Å². The van der Waals surface area contributed by atoms with E-state index in [0.717, 1.165) is 44.8 Å². The average molecular weight is 361 g/mol. The highest BCUT2D eigenvalue weighted by molar-refractivity contribution is 6.33. The third-order valence-corrected chi connectivity index (χ3v) is 5.44. The lowest BCUT2D eigenvalue weighted by Gasteiger charge is -2.38. The number of hydrogen-bond acceptors (Lipinski definition) is 6. The van der Waals surface area contributed by atoms with Crippen LogP contribution in [0, 0.1) is 0 Å². The summed E-state index contributed by atoms with van der Waals surface area (Å²) in [6.45, 7) is 3.25. The SMILES string of the molecule is Cn1ncc(N2CCN(c3ncnc4c3CCCC4)CC2)c(Cl)c1=O. The molecule has 0 saturated carbocycles. The first kappa shape index (κ1) is 16.3. The molecule has 0 bridgehead atoms. The molecule has 1 saturated heterocycles. The molecule has 4 rings (SSSR count). The summed E-state index contributed by atoms with van der Waals surface area (Å²) in [5.41, 5.74) is 2.98. The monoisotopic (exact) mass is 360 g/mol. The predicted octanol–water partition coefficient (Wildman–Crippen LogP) is 1.43. The Balaban J connectivity index is 1.53. The van der Waals surface area contributed by atoms with Crippen molar-refractivity contribution in [2.24, 2.45) is 7.05 Å². The van der Waals surface area contributed by atoms with Gasteiger partial charge in [-0.3, -0.25) is 4.79 Å². The van der Waals surface area contributed by atoms with Gasteiger partial charge in [-0.2, -0.15) is 5.10 Å². The second-order valence-corrected chi connectivity index (χ2v) is 6.95. The number of aromatic nitrogens is 4. The Hall–Kier alpha value is -2.15. The Morgan fingerprint density at radius 2 is 1.76 bits per heavy atom. The molecule has 2 aliphatic rings. The average Bonchev–Trinajstić information content (AvgIpc) is 2.66. The van der Waals surface area contributed by atoms with Crippen LogP contribution in [-0.4, -0.2) is 45.9 Å². The van der Waals surface area contributed by atoms with E-state index in [-0.39, 0.29) is 10.6 Å². The molecule has 1 fully saturated rings. The van der Waals surface area contributed by atoms with Gasteiger partial charge in [0.25, 0.3) is 5.56 Å². The van der Waals surface area contributed by atoms with Crippen LogP contribution in [0.2, 0.25) is 5.02 Å². The lowest BCUT2D eigenvalue weighted by Crippen LogP contribution is -2.47. The van der Waals surface area contributed by atoms with Gasteiger partial charge in [0.05, 0.1) is 11.9 Å². The molecule has 2 aromatic heterocycles. The molecular formula is C17H21ClN6O. The van der Waals surface area contributed by atoms with E-state index >= 15 is 0 Å². The van der Waals surface area contributed by atoms with Gasteiger partial charge in [-0.15, -0.1) is 0 Å². The fourth-order valence-electron chi connectivity index (χ4n) is 3.66. The lowest BCUT2D eigenvalue weighted by atomic mass is 9.96. The largest absolute Gasteiger partial charge is 0.365 e. The number of nitrogens with zero attached hydrogens (tertiary/aromatic N) is 6. The van der Waals surface area contributed by atoms with Crippen LogP contribution in [0.25, 0.3) is 0 Å². The number of halogens is 1. The fourth-order valence-corrected chi connectivity index (χ4v) is 3.95. The van der Waals surface area contributed by atoms with E-state index in [1.54, 1.807) is 19.6 Å². The number of fused-ring (bicyclic) bond motifs is 1. The molecule has 3 heterocycles. The third-order valence-electron chi connectivity index (χ3n) is 5.08. The Labute approximate surface area is 151 Å². The molecule has 2 aromatic rings. The van der Waals surface area contributed by atoms with Gasteiger partial charge >= 0.3 is 0 Å². The quantitative estimate of drug-likeness (QED) is 0.807. The normalized spacial score (nSPS) is 17.5. The number of anilines is 2. The maximum Gasteiger partial charge on any atom is 0.287 e. The van der Waals surface area contributed by atoms with Gasteiger partial charge in [0.2, 0.25) is 0 Å². The maximum absolute atomic E-state index is 12.0. The second kappa shape index (κ2) is 6.63. The van der Waals surface area contributed by atoms with Gasteiger partial charge in [-0.25, -0.2) is 14.6 Å². The van der Waals surface area contributed by atoms with Gasteiger partial charge in [-0.1, -0.05) is 11.6 Å². The van der Waals surface area contributed by atoms with Crippen molar-refractivity contribution < 1.29 is 0 Å². The minimum absolute atomic E-state index is 0.241. The minimum Gasteiger partial charge on any atom is -0.365 e. The highest BCUT2D eigenvalue weighted by Crippen LogP contribution is 2.29. The molecule has 0 N–H and O–H groups in total. The zero-order valence-electron chi connectivity index (χ0n) is 14.3. The first-order chi connectivity index (χ1) is 12.1. The Kier molecular flexibility index (Phi) is 4.33. The molecule has 0 atom stereocenters. The van der Waals surface area contributed by atoms with Crippen LogP contribution in [0.4, 0.5) is 11.5 Å². The number of hydrogen-bond donors (Lipinski definition) is 0. The summed E-state index contributed by atoms with van der Waals surface area (Å²) in [6, 6.07) is 0. The number of rotatable bonds is 2. The third kappa shape index (κ3) is 2.97. The summed E-state index contributed by atoms with van der Waals surface area (Å²) in [4.78, 5) is 25.5. The molecule has 132 valence electrons. The fraction of sp³-hybridized carbons (Fsp3) is 0.529. The first-order valence-electron chi connectivity index (χ1n) is 8.69. The topological polar surface area (TPSA) is 67.2 Å². The summed E-state index contributed by atoms with van der Waals surface area (Å²) in [6.07, 6.45) is 7.91. The van der Waals surface area contributed by atoms with Crippen molar-refractivity contribution >= 4 is 23.1 Å². The van der Waals surface area contributed by atoms with Crippen molar-refractivity contribution in [2.75, 3.05) is 36.0 Å². The van der Waals surface area contributed by atoms with Crippen LogP contribution >= 0.6 is 11.6 Å². The number of piperazine rings is 1. The minimum atomic E-state index is -0.258. The predicted molar refractivity (Wildman–Crippen MR) is 97.6 cm³/mol. The highest BCUT2D eigenvalue weighted by atomic mass is 35.5. The molecule has 1 aliphatic carbocycles. The van der Waals surface area contributed by atoms with Crippen LogP contribution in [0.3, 0.4) is 0 Å². The molecule has 0 spiro atoms. The van der Waals surface area contributed by atoms with E-state index in [1.807, 2.05) is 0 Å². The van der Waals surface area contributed by atoms with Crippen molar-refractivity contribution in [3.05, 3.63) is 39.2 Å². The standard InChI is InChI=1S/C17H21ClN6O/c1-22-17(25)15(18)14(10-21-22)23-6-8-24(9-7-23)16-12-4-2-3-5-13(12)19-11-20-16/h10-11H,2-9H2,1H3. The first-order valence-corrected chi connectivity index (χ1v) is 9.07. The van der Waals surface area contributed by atoms with Crippen LogP contribution in [0.5, 0.6) is 0 Å². The molecule has 8 heteroatoms. The van der Waals surface area contributed by atoms with E-state index in [9.17, 15) is 4.79 Å². The van der Waals surface area contributed by atoms with E-state index in [2.05, 4.69) is 24.9 Å². The van der Waals surface area contributed by atoms with E-state index in [0.29, 0.717) is 5.69 Å². The van der Waals surface area contributed by atoms with Gasteiger partial charge in [0, 0.05) is 44.5 Å². The Morgan fingerprint density at radius 1 is 1.04 bits per heavy atom. The van der Waals surface area contributed by atoms with E-state index in [1.165, 1.54) is 28.8 Å². The smallest absolute Gasteiger partial charge is 0.287 e. The van der Waals surface area contributed by atoms with Crippen LogP contribution < -0.4 is 15.4 Å². The van der Waals surface area contributed by atoms with Crippen LogP contribution in [0.15, 0.2) is 17.3 Å². The van der Waals surface area contributed by atoms with Crippen molar-refractivity contribution in [2.45, 2.75) is 25.7 Å². The number of aryl methyl sites for hydroxylation is 2. The summed E-state index contributed by atoms with van der Waals surface area (Å²) in [5, 5.41) is 4.33. The van der Waals surface area contributed by atoms with E-state index in [4.69, 9.17) is 11.6 Å². The van der Waals surface area contributed by atoms with E-state index < -0.39 is 0 Å². The summed E-state index contributed by atoms with van der Waals surface area (Å²) < 4.78 is 1.26. The van der Waals surface area contributed by atoms with Gasteiger partial charge in [0.15, 0.2) is 0 Å². The Bertz CT molecular complexity index is 844. The lowest BCUT2D eigenvalue weighted by molar-refractivity contribution is 0.619. The summed E-state index contributed by atoms with van der Waals surface area (Å²) >= 11 is 6.23. The molecule has 0 unspecified atom stereocenters. The van der Waals surface area contributed by atoms with Crippen molar-refractivity contribution in [3.8, 4) is 0 Å². The molecule has 0 amide bonds. The highest BCUT2D eigenvalue weighted by Gasteiger charge is 2.25. The van der Waals surface area contributed by atoms with Gasteiger partial charge in [0.1, 0.15) is 17.2 Å². The second-order valence-electron chi connectivity index (χ2n) is 6.58. The van der Waals surface area contributed by atoms with Crippen molar-refractivity contribution in [1.29, 1.82) is 0 Å². The molecule has 0 radical (unpaired) electrons. The molecule has 7 nitrogen and oxygen atoms in total. The summed E-state index contributed by atoms with van der Waals surface area (Å²) in [7, 11) is 1.61. The maximum atomic E-state index is 12.0. The zero-order chi connectivity index (χ0) is 17.4. The van der Waals surface area contributed by atoms with Crippen LogP contribution in [-0.2, 0) is 19.9 Å². The molecular weight excluding hydrogens is 340 g/mol. The van der Waals surface area contributed by atoms with Crippen molar-refractivity contribution in [1.82, 2.24) is 19.7 Å². The van der Waals surface area contributed by atoms with Crippen molar-refractivity contribution in [3.63, 3.8) is 0 Å². The van der Waals surface area contributed by atoms with Gasteiger partial charge < -0.3 is 9.80 Å². The molecule has 0 aromatic carbocycles.